The van der Waals surface area contributed by atoms with Crippen LogP contribution in [-0.4, -0.2) is 43.6 Å². The summed E-state index contributed by atoms with van der Waals surface area (Å²) in [6, 6.07) is 9.47. The highest BCUT2D eigenvalue weighted by Crippen LogP contribution is 2.44. The highest BCUT2D eigenvalue weighted by Gasteiger charge is 2.39. The number of anilines is 1. The zero-order valence-electron chi connectivity index (χ0n) is 21.8. The third-order valence-electron chi connectivity index (χ3n) is 8.40. The van der Waals surface area contributed by atoms with Gasteiger partial charge in [-0.1, -0.05) is 24.6 Å². The summed E-state index contributed by atoms with van der Waals surface area (Å²) >= 11 is 3.63. The van der Waals surface area contributed by atoms with E-state index in [0.29, 0.717) is 18.5 Å². The normalized spacial score (nSPS) is 23.7. The summed E-state index contributed by atoms with van der Waals surface area (Å²) in [6.45, 7) is 7.17. The molecular formula is C29H36BrN7. The van der Waals surface area contributed by atoms with Crippen LogP contribution in [0.15, 0.2) is 52.9 Å². The summed E-state index contributed by atoms with van der Waals surface area (Å²) in [7, 11) is 0. The molecule has 7 nitrogen and oxygen atoms in total. The van der Waals surface area contributed by atoms with Crippen molar-refractivity contribution in [2.75, 3.05) is 18.4 Å². The summed E-state index contributed by atoms with van der Waals surface area (Å²) in [4.78, 5) is 11.9. The minimum absolute atomic E-state index is 0.248. The van der Waals surface area contributed by atoms with Crippen molar-refractivity contribution in [2.24, 2.45) is 5.41 Å². The molecule has 5 rings (SSSR count). The second-order valence-corrected chi connectivity index (χ2v) is 11.4. The quantitative estimate of drug-likeness (QED) is 0.332. The van der Waals surface area contributed by atoms with Gasteiger partial charge in [-0.2, -0.15) is 14.9 Å². The van der Waals surface area contributed by atoms with Gasteiger partial charge in [0.25, 0.3) is 0 Å². The van der Waals surface area contributed by atoms with Crippen molar-refractivity contribution in [3.8, 4) is 6.07 Å². The summed E-state index contributed by atoms with van der Waals surface area (Å²) < 4.78 is 2.78. The van der Waals surface area contributed by atoms with Crippen LogP contribution in [0.1, 0.15) is 76.0 Å². The monoisotopic (exact) mass is 561 g/mol. The molecular weight excluding hydrogens is 526 g/mol. The Labute approximate surface area is 228 Å². The third-order valence-corrected chi connectivity index (χ3v) is 8.96. The lowest BCUT2D eigenvalue weighted by Gasteiger charge is -2.43. The van der Waals surface area contributed by atoms with E-state index < -0.39 is 0 Å². The summed E-state index contributed by atoms with van der Waals surface area (Å²) in [5, 5.41) is 18.0. The van der Waals surface area contributed by atoms with Gasteiger partial charge < -0.3 is 10.2 Å². The minimum Gasteiger partial charge on any atom is -0.366 e. The zero-order chi connectivity index (χ0) is 25.8. The van der Waals surface area contributed by atoms with Gasteiger partial charge >= 0.3 is 0 Å². The minimum atomic E-state index is -0.248. The Balaban J connectivity index is 1.25. The second-order valence-electron chi connectivity index (χ2n) is 10.5. The number of nitrogens with zero attached hydrogens (tertiary/aromatic N) is 6. The molecule has 0 bridgehead atoms. The van der Waals surface area contributed by atoms with Crippen molar-refractivity contribution in [3.63, 3.8) is 0 Å². The molecule has 0 unspecified atom stereocenters. The molecule has 2 aliphatic rings. The highest BCUT2D eigenvalue weighted by atomic mass is 79.9. The van der Waals surface area contributed by atoms with E-state index in [1.165, 1.54) is 5.57 Å². The van der Waals surface area contributed by atoms with E-state index in [2.05, 4.69) is 74.4 Å². The summed E-state index contributed by atoms with van der Waals surface area (Å²) in [5.74, 6) is 1.38. The lowest BCUT2D eigenvalue weighted by atomic mass is 9.68. The molecule has 3 aromatic rings. The van der Waals surface area contributed by atoms with Crippen LogP contribution in [0.3, 0.4) is 0 Å². The van der Waals surface area contributed by atoms with Crippen LogP contribution in [-0.2, 0) is 6.54 Å². The predicted octanol–water partition coefficient (Wildman–Crippen LogP) is 6.49. The Bertz CT molecular complexity index is 1280. The average molecular weight is 563 g/mol. The number of aromatic nitrogens is 4. The van der Waals surface area contributed by atoms with Crippen LogP contribution >= 0.6 is 15.9 Å². The molecule has 1 saturated carbocycles. The lowest BCUT2D eigenvalue weighted by molar-refractivity contribution is 0.0996. The summed E-state index contributed by atoms with van der Waals surface area (Å²) in [5.41, 5.74) is 4.14. The van der Waals surface area contributed by atoms with E-state index in [1.807, 2.05) is 23.0 Å². The Morgan fingerprint density at radius 2 is 2.03 bits per heavy atom. The van der Waals surface area contributed by atoms with Crippen LogP contribution in [0.4, 0.5) is 5.82 Å². The highest BCUT2D eigenvalue weighted by molar-refractivity contribution is 9.10. The maximum absolute atomic E-state index is 9.97. The molecule has 1 aliphatic carbocycles. The predicted molar refractivity (Wildman–Crippen MR) is 150 cm³/mol. The average Bonchev–Trinajstić information content (AvgIpc) is 3.33. The Morgan fingerprint density at radius 1 is 1.24 bits per heavy atom. The van der Waals surface area contributed by atoms with Crippen LogP contribution in [0.2, 0.25) is 0 Å². The van der Waals surface area contributed by atoms with Gasteiger partial charge in [0.15, 0.2) is 5.65 Å². The number of likely N-dealkylation sites (tertiary alicyclic amines) is 1. The molecule has 0 aromatic carbocycles. The standard InChI is InChI=1S/C29H36BrN7/c1-3-5-21(2)29(20-31)11-7-24(8-12-29)36-14-9-23(10-15-36)26-16-27(33-18-22-6-4-13-32-17-22)37-28(35-26)25(30)19-34-37/h4-6,13,16-17,19,23-24,33H,3,7-12,14-15,18H2,1-2H3/b21-5+. The van der Waals surface area contributed by atoms with Crippen molar-refractivity contribution < 1.29 is 0 Å². The number of hydrogen-bond acceptors (Lipinski definition) is 6. The molecule has 1 saturated heterocycles. The molecule has 0 amide bonds. The first-order chi connectivity index (χ1) is 18.0. The first-order valence-electron chi connectivity index (χ1n) is 13.5. The number of nitriles is 1. The molecule has 2 fully saturated rings. The van der Waals surface area contributed by atoms with Gasteiger partial charge in [-0.05, 0) is 92.5 Å². The van der Waals surface area contributed by atoms with Gasteiger partial charge in [0.2, 0.25) is 0 Å². The molecule has 0 radical (unpaired) electrons. The van der Waals surface area contributed by atoms with Crippen molar-refractivity contribution in [3.05, 3.63) is 64.2 Å². The smallest absolute Gasteiger partial charge is 0.171 e. The number of nitrogens with one attached hydrogen (secondary N) is 1. The van der Waals surface area contributed by atoms with Crippen molar-refractivity contribution in [1.82, 2.24) is 24.5 Å². The Morgan fingerprint density at radius 3 is 2.70 bits per heavy atom. The number of rotatable bonds is 7. The largest absolute Gasteiger partial charge is 0.366 e. The van der Waals surface area contributed by atoms with Gasteiger partial charge in [0, 0.05) is 42.7 Å². The number of hydrogen-bond donors (Lipinski definition) is 1. The van der Waals surface area contributed by atoms with Crippen LogP contribution < -0.4 is 5.32 Å². The maximum atomic E-state index is 9.97. The molecule has 3 aromatic heterocycles. The van der Waals surface area contributed by atoms with Gasteiger partial charge in [0.1, 0.15) is 5.82 Å². The molecule has 37 heavy (non-hydrogen) atoms. The van der Waals surface area contributed by atoms with Gasteiger partial charge in [-0.3, -0.25) is 4.98 Å². The molecule has 0 atom stereocenters. The third kappa shape index (κ3) is 5.44. The van der Waals surface area contributed by atoms with Crippen LogP contribution in [0.5, 0.6) is 0 Å². The van der Waals surface area contributed by atoms with Crippen molar-refractivity contribution in [1.29, 1.82) is 5.26 Å². The Hall–Kier alpha value is -2.76. The number of fused-ring (bicyclic) bond motifs is 1. The molecule has 1 aliphatic heterocycles. The molecule has 194 valence electrons. The van der Waals surface area contributed by atoms with E-state index in [1.54, 1.807) is 6.20 Å². The molecule has 8 heteroatoms. The van der Waals surface area contributed by atoms with Gasteiger partial charge in [-0.15, -0.1) is 0 Å². The number of pyridine rings is 1. The van der Waals surface area contributed by atoms with E-state index >= 15 is 0 Å². The SMILES string of the molecule is CC/C=C(\C)C1(C#N)CCC(N2CCC(c3cc(NCc4cccnc4)n4ncc(Br)c4n3)CC2)CC1. The topological polar surface area (TPSA) is 82.1 Å². The van der Waals surface area contributed by atoms with Gasteiger partial charge in [-0.25, -0.2) is 4.98 Å². The van der Waals surface area contributed by atoms with Crippen LogP contribution in [0, 0.1) is 16.7 Å². The number of piperidine rings is 1. The number of halogens is 1. The fourth-order valence-corrected chi connectivity index (χ4v) is 6.45. The van der Waals surface area contributed by atoms with E-state index in [-0.39, 0.29) is 5.41 Å². The summed E-state index contributed by atoms with van der Waals surface area (Å²) in [6.07, 6.45) is 15.1. The fourth-order valence-electron chi connectivity index (χ4n) is 6.10. The maximum Gasteiger partial charge on any atom is 0.171 e. The first-order valence-corrected chi connectivity index (χ1v) is 14.3. The number of allylic oxidation sites excluding steroid dienone is 2. The molecule has 4 heterocycles. The van der Waals surface area contributed by atoms with Crippen molar-refractivity contribution in [2.45, 2.75) is 77.3 Å². The second kappa shape index (κ2) is 11.3. The van der Waals surface area contributed by atoms with E-state index in [0.717, 1.165) is 85.2 Å². The first kappa shape index (κ1) is 25.9. The van der Waals surface area contributed by atoms with Gasteiger partial charge in [0.05, 0.1) is 22.2 Å². The zero-order valence-corrected chi connectivity index (χ0v) is 23.4. The molecule has 0 spiro atoms. The lowest BCUT2D eigenvalue weighted by Crippen LogP contribution is -2.44. The molecule has 1 N–H and O–H groups in total. The van der Waals surface area contributed by atoms with Crippen LogP contribution in [0.25, 0.3) is 5.65 Å². The Kier molecular flexibility index (Phi) is 7.92. The van der Waals surface area contributed by atoms with E-state index in [9.17, 15) is 5.26 Å². The fraction of sp³-hybridized carbons (Fsp3) is 0.517. The van der Waals surface area contributed by atoms with E-state index in [4.69, 9.17) is 4.98 Å². The van der Waals surface area contributed by atoms with Crippen molar-refractivity contribution >= 4 is 27.4 Å².